The number of carbonyl (C=O) groups is 1. The molecule has 1 aliphatic carbocycles. The normalized spacial score (nSPS) is 37.3. The van der Waals surface area contributed by atoms with E-state index in [0.717, 1.165) is 18.4 Å². The maximum absolute atomic E-state index is 11.2. The number of hydrogen-bond acceptors (Lipinski definition) is 2. The van der Waals surface area contributed by atoms with E-state index in [9.17, 15) is 4.79 Å². The quantitative estimate of drug-likeness (QED) is 0.697. The van der Waals surface area contributed by atoms with Crippen LogP contribution in [0.4, 0.5) is 0 Å². The van der Waals surface area contributed by atoms with E-state index in [1.165, 1.54) is 38.5 Å². The van der Waals surface area contributed by atoms with E-state index in [4.69, 9.17) is 0 Å². The highest BCUT2D eigenvalue weighted by molar-refractivity contribution is 5.76. The smallest absolute Gasteiger partial charge is 0.131 e. The van der Waals surface area contributed by atoms with E-state index in [1.807, 2.05) is 0 Å². The van der Waals surface area contributed by atoms with Crippen LogP contribution in [0.25, 0.3) is 0 Å². The summed E-state index contributed by atoms with van der Waals surface area (Å²) in [7, 11) is 2.23. The largest absolute Gasteiger partial charge is 0.300 e. The molecule has 1 aliphatic heterocycles. The lowest BCUT2D eigenvalue weighted by molar-refractivity contribution is -0.119. The molecule has 1 heterocycles. The number of fused-ring (bicyclic) bond motifs is 1. The first kappa shape index (κ1) is 11.1. The van der Waals surface area contributed by atoms with Gasteiger partial charge in [0, 0.05) is 18.5 Å². The van der Waals surface area contributed by atoms with Gasteiger partial charge in [0.15, 0.2) is 0 Å². The summed E-state index contributed by atoms with van der Waals surface area (Å²) >= 11 is 0. The minimum atomic E-state index is 0.348. The predicted molar refractivity (Wildman–Crippen MR) is 61.8 cm³/mol. The first-order chi connectivity index (χ1) is 7.18. The summed E-state index contributed by atoms with van der Waals surface area (Å²) in [5, 5.41) is 0. The van der Waals surface area contributed by atoms with E-state index in [2.05, 4.69) is 11.9 Å². The SMILES string of the molecule is CC(=O)CC1CCC2CCCCC2N1C. The maximum atomic E-state index is 11.2. The fraction of sp³-hybridized carbons (Fsp3) is 0.923. The van der Waals surface area contributed by atoms with Gasteiger partial charge in [-0.05, 0) is 45.6 Å². The van der Waals surface area contributed by atoms with Gasteiger partial charge in [0.25, 0.3) is 0 Å². The summed E-state index contributed by atoms with van der Waals surface area (Å²) in [6.45, 7) is 1.72. The standard InChI is InChI=1S/C13H23NO/c1-10(15)9-12-8-7-11-5-3-4-6-13(11)14(12)2/h11-13H,3-9H2,1-2H3. The third-order valence-corrected chi connectivity index (χ3v) is 4.36. The molecule has 2 rings (SSSR count). The second-order valence-electron chi connectivity index (χ2n) is 5.41. The van der Waals surface area contributed by atoms with Crippen LogP contribution in [0.2, 0.25) is 0 Å². The monoisotopic (exact) mass is 209 g/mol. The molecule has 3 unspecified atom stereocenters. The topological polar surface area (TPSA) is 20.3 Å². The summed E-state index contributed by atoms with van der Waals surface area (Å²) < 4.78 is 0. The minimum Gasteiger partial charge on any atom is -0.300 e. The van der Waals surface area contributed by atoms with Crippen LogP contribution in [0.15, 0.2) is 0 Å². The van der Waals surface area contributed by atoms with Crippen molar-refractivity contribution in [3.05, 3.63) is 0 Å². The molecule has 2 heteroatoms. The number of rotatable bonds is 2. The first-order valence-electron chi connectivity index (χ1n) is 6.40. The van der Waals surface area contributed by atoms with E-state index in [1.54, 1.807) is 6.92 Å². The molecule has 0 radical (unpaired) electrons. The number of Topliss-reactive ketones (excluding diaryl/α,β-unsaturated/α-hetero) is 1. The average molecular weight is 209 g/mol. The second-order valence-corrected chi connectivity index (χ2v) is 5.41. The molecule has 0 aromatic heterocycles. The fourth-order valence-electron chi connectivity index (χ4n) is 3.52. The first-order valence-corrected chi connectivity index (χ1v) is 6.40. The lowest BCUT2D eigenvalue weighted by atomic mass is 9.76. The Labute approximate surface area is 93.0 Å². The number of piperidine rings is 1. The molecule has 1 saturated carbocycles. The number of hydrogen-bond donors (Lipinski definition) is 0. The molecule has 0 aromatic rings. The minimum absolute atomic E-state index is 0.348. The van der Waals surface area contributed by atoms with Crippen molar-refractivity contribution in [3.8, 4) is 0 Å². The molecule has 15 heavy (non-hydrogen) atoms. The fourth-order valence-corrected chi connectivity index (χ4v) is 3.52. The summed E-state index contributed by atoms with van der Waals surface area (Å²) in [5.41, 5.74) is 0. The highest BCUT2D eigenvalue weighted by atomic mass is 16.1. The molecule has 0 aromatic carbocycles. The van der Waals surface area contributed by atoms with E-state index < -0.39 is 0 Å². The molecule has 0 spiro atoms. The van der Waals surface area contributed by atoms with E-state index in [0.29, 0.717) is 11.8 Å². The second kappa shape index (κ2) is 4.65. The molecule has 2 nitrogen and oxygen atoms in total. The zero-order valence-electron chi connectivity index (χ0n) is 10.0. The molecule has 0 N–H and O–H groups in total. The third-order valence-electron chi connectivity index (χ3n) is 4.36. The van der Waals surface area contributed by atoms with Crippen molar-refractivity contribution >= 4 is 5.78 Å². The van der Waals surface area contributed by atoms with Crippen molar-refractivity contribution in [1.29, 1.82) is 0 Å². The van der Waals surface area contributed by atoms with Crippen LogP contribution in [0.3, 0.4) is 0 Å². The lowest BCUT2D eigenvalue weighted by Gasteiger charge is -2.46. The Kier molecular flexibility index (Phi) is 3.45. The van der Waals surface area contributed by atoms with Crippen molar-refractivity contribution in [2.45, 2.75) is 64.0 Å². The average Bonchev–Trinajstić information content (AvgIpc) is 2.22. The van der Waals surface area contributed by atoms with E-state index in [-0.39, 0.29) is 0 Å². The van der Waals surface area contributed by atoms with Crippen LogP contribution in [0.5, 0.6) is 0 Å². The summed E-state index contributed by atoms with van der Waals surface area (Å²) in [5.74, 6) is 1.27. The molecule has 2 aliphatic rings. The van der Waals surface area contributed by atoms with Gasteiger partial charge >= 0.3 is 0 Å². The van der Waals surface area contributed by atoms with Crippen molar-refractivity contribution in [3.63, 3.8) is 0 Å². The van der Waals surface area contributed by atoms with Crippen LogP contribution >= 0.6 is 0 Å². The molecule has 0 bridgehead atoms. The van der Waals surface area contributed by atoms with Crippen molar-refractivity contribution < 1.29 is 4.79 Å². The molecule has 0 amide bonds. The lowest BCUT2D eigenvalue weighted by Crippen LogP contribution is -2.50. The van der Waals surface area contributed by atoms with Crippen LogP contribution in [0, 0.1) is 5.92 Å². The number of likely N-dealkylation sites (tertiary alicyclic amines) is 1. The van der Waals surface area contributed by atoms with Gasteiger partial charge < -0.3 is 0 Å². The predicted octanol–water partition coefficient (Wildman–Crippen LogP) is 2.62. The van der Waals surface area contributed by atoms with Crippen LogP contribution in [-0.2, 0) is 4.79 Å². The third kappa shape index (κ3) is 2.41. The Balaban J connectivity index is 1.98. The van der Waals surface area contributed by atoms with Gasteiger partial charge in [0.1, 0.15) is 5.78 Å². The van der Waals surface area contributed by atoms with Crippen molar-refractivity contribution in [2.24, 2.45) is 5.92 Å². The number of ketones is 1. The van der Waals surface area contributed by atoms with Crippen LogP contribution in [0.1, 0.15) is 51.9 Å². The van der Waals surface area contributed by atoms with Crippen molar-refractivity contribution in [1.82, 2.24) is 4.90 Å². The number of carbonyl (C=O) groups excluding carboxylic acids is 1. The summed E-state index contributed by atoms with van der Waals surface area (Å²) in [6, 6.07) is 1.30. The number of nitrogens with zero attached hydrogens (tertiary/aromatic N) is 1. The Hall–Kier alpha value is -0.370. The van der Waals surface area contributed by atoms with Gasteiger partial charge in [-0.25, -0.2) is 0 Å². The Morgan fingerprint density at radius 3 is 2.67 bits per heavy atom. The highest BCUT2D eigenvalue weighted by Crippen LogP contribution is 2.37. The van der Waals surface area contributed by atoms with Gasteiger partial charge in [-0.15, -0.1) is 0 Å². The molecule has 3 atom stereocenters. The zero-order chi connectivity index (χ0) is 10.8. The van der Waals surface area contributed by atoms with Gasteiger partial charge in [-0.1, -0.05) is 12.8 Å². The van der Waals surface area contributed by atoms with Gasteiger partial charge in [0.05, 0.1) is 0 Å². The van der Waals surface area contributed by atoms with Crippen molar-refractivity contribution in [2.75, 3.05) is 7.05 Å². The zero-order valence-corrected chi connectivity index (χ0v) is 10.0. The molecule has 86 valence electrons. The Morgan fingerprint density at radius 2 is 1.93 bits per heavy atom. The Bertz CT molecular complexity index is 239. The Morgan fingerprint density at radius 1 is 1.20 bits per heavy atom. The molecule has 2 fully saturated rings. The summed E-state index contributed by atoms with van der Waals surface area (Å²) in [6.07, 6.45) is 8.94. The summed E-state index contributed by atoms with van der Waals surface area (Å²) in [4.78, 5) is 13.7. The van der Waals surface area contributed by atoms with Crippen LogP contribution < -0.4 is 0 Å². The van der Waals surface area contributed by atoms with E-state index >= 15 is 0 Å². The van der Waals surface area contributed by atoms with Gasteiger partial charge in [-0.3, -0.25) is 9.69 Å². The van der Waals surface area contributed by atoms with Gasteiger partial charge in [0.2, 0.25) is 0 Å². The molecule has 1 saturated heterocycles. The van der Waals surface area contributed by atoms with Gasteiger partial charge in [-0.2, -0.15) is 0 Å². The maximum Gasteiger partial charge on any atom is 0.131 e. The molecular weight excluding hydrogens is 186 g/mol. The molecular formula is C13H23NO. The van der Waals surface area contributed by atoms with Crippen LogP contribution in [-0.4, -0.2) is 29.8 Å². The highest BCUT2D eigenvalue weighted by Gasteiger charge is 2.36.